The second-order valence-corrected chi connectivity index (χ2v) is 5.29. The summed E-state index contributed by atoms with van der Waals surface area (Å²) in [6, 6.07) is 0. The van der Waals surface area contributed by atoms with E-state index >= 15 is 0 Å². The molecule has 118 valence electrons. The van der Waals surface area contributed by atoms with Gasteiger partial charge in [0.25, 0.3) is 0 Å². The lowest BCUT2D eigenvalue weighted by Crippen LogP contribution is -2.47. The molecule has 1 aromatic rings. The Morgan fingerprint density at radius 3 is 2.24 bits per heavy atom. The number of nitrogen functional groups attached to an aromatic ring is 1. The number of aromatic nitrogens is 3. The Morgan fingerprint density at radius 2 is 1.67 bits per heavy atom. The van der Waals surface area contributed by atoms with Crippen molar-refractivity contribution in [2.45, 2.75) is 27.2 Å². The van der Waals surface area contributed by atoms with E-state index in [2.05, 4.69) is 50.4 Å². The zero-order valence-electron chi connectivity index (χ0n) is 13.4. The van der Waals surface area contributed by atoms with Gasteiger partial charge in [-0.1, -0.05) is 6.92 Å². The quantitative estimate of drug-likeness (QED) is 0.832. The molecule has 0 bridgehead atoms. The van der Waals surface area contributed by atoms with Crippen LogP contribution in [0.15, 0.2) is 0 Å². The number of hydrogen-bond donors (Lipinski definition) is 1. The van der Waals surface area contributed by atoms with Crippen LogP contribution in [0.3, 0.4) is 0 Å². The molecule has 0 aliphatic carbocycles. The maximum Gasteiger partial charge on any atom is 0.232 e. The summed E-state index contributed by atoms with van der Waals surface area (Å²) in [6.07, 6.45) is 1.20. The SMILES string of the molecule is CCCN1CCN(c2nc(N)nc(N(CC)CC)n2)CC1. The van der Waals surface area contributed by atoms with E-state index in [0.717, 1.165) is 45.8 Å². The number of hydrogen-bond acceptors (Lipinski definition) is 7. The predicted octanol–water partition coefficient (Wildman–Crippen LogP) is 0.832. The van der Waals surface area contributed by atoms with Gasteiger partial charge >= 0.3 is 0 Å². The predicted molar refractivity (Wildman–Crippen MR) is 86.7 cm³/mol. The number of nitrogens with zero attached hydrogens (tertiary/aromatic N) is 6. The van der Waals surface area contributed by atoms with Crippen molar-refractivity contribution in [2.75, 3.05) is 61.3 Å². The zero-order valence-corrected chi connectivity index (χ0v) is 13.4. The topological polar surface area (TPSA) is 74.4 Å². The summed E-state index contributed by atoms with van der Waals surface area (Å²) >= 11 is 0. The average Bonchev–Trinajstić information content (AvgIpc) is 2.49. The Balaban J connectivity index is 2.10. The zero-order chi connectivity index (χ0) is 15.2. The van der Waals surface area contributed by atoms with Crippen molar-refractivity contribution in [3.05, 3.63) is 0 Å². The molecule has 1 aromatic heterocycles. The summed E-state index contributed by atoms with van der Waals surface area (Å²) in [5.41, 5.74) is 5.86. The van der Waals surface area contributed by atoms with Crippen molar-refractivity contribution < 1.29 is 0 Å². The molecule has 0 unspecified atom stereocenters. The minimum atomic E-state index is 0.304. The maximum absolute atomic E-state index is 5.86. The van der Waals surface area contributed by atoms with Crippen LogP contribution in [-0.4, -0.2) is 65.7 Å². The highest BCUT2D eigenvalue weighted by Gasteiger charge is 2.20. The first-order valence-corrected chi connectivity index (χ1v) is 7.91. The van der Waals surface area contributed by atoms with E-state index in [-0.39, 0.29) is 0 Å². The molecule has 1 saturated heterocycles. The highest BCUT2D eigenvalue weighted by atomic mass is 15.4. The van der Waals surface area contributed by atoms with Crippen LogP contribution < -0.4 is 15.5 Å². The van der Waals surface area contributed by atoms with Gasteiger partial charge in [-0.15, -0.1) is 0 Å². The van der Waals surface area contributed by atoms with Gasteiger partial charge in [0, 0.05) is 39.3 Å². The number of piperazine rings is 1. The van der Waals surface area contributed by atoms with Gasteiger partial charge in [-0.3, -0.25) is 4.90 Å². The van der Waals surface area contributed by atoms with Crippen LogP contribution in [0.5, 0.6) is 0 Å². The largest absolute Gasteiger partial charge is 0.368 e. The van der Waals surface area contributed by atoms with Crippen molar-refractivity contribution in [3.63, 3.8) is 0 Å². The lowest BCUT2D eigenvalue weighted by atomic mass is 10.3. The molecule has 0 radical (unpaired) electrons. The molecule has 2 N–H and O–H groups in total. The third-order valence-electron chi connectivity index (χ3n) is 3.87. The van der Waals surface area contributed by atoms with E-state index in [4.69, 9.17) is 5.73 Å². The number of nitrogens with two attached hydrogens (primary N) is 1. The van der Waals surface area contributed by atoms with Gasteiger partial charge < -0.3 is 15.5 Å². The molecule has 1 aliphatic rings. The van der Waals surface area contributed by atoms with Crippen molar-refractivity contribution in [1.29, 1.82) is 0 Å². The third kappa shape index (κ3) is 3.93. The third-order valence-corrected chi connectivity index (χ3v) is 3.87. The van der Waals surface area contributed by atoms with E-state index in [1.54, 1.807) is 0 Å². The van der Waals surface area contributed by atoms with Crippen molar-refractivity contribution in [2.24, 2.45) is 0 Å². The first-order valence-electron chi connectivity index (χ1n) is 7.91. The summed E-state index contributed by atoms with van der Waals surface area (Å²) < 4.78 is 0. The molecular formula is C14H27N7. The standard InChI is InChI=1S/C14H27N7/c1-4-7-19-8-10-21(11-9-19)14-17-12(15)16-13(18-14)20(5-2)6-3/h4-11H2,1-3H3,(H2,15,16,17,18). The van der Waals surface area contributed by atoms with Crippen LogP contribution in [0.2, 0.25) is 0 Å². The summed E-state index contributed by atoms with van der Waals surface area (Å²) in [5, 5.41) is 0. The minimum absolute atomic E-state index is 0.304. The Labute approximate surface area is 127 Å². The molecule has 1 fully saturated rings. The van der Waals surface area contributed by atoms with Crippen LogP contribution in [-0.2, 0) is 0 Å². The van der Waals surface area contributed by atoms with E-state index in [0.29, 0.717) is 17.8 Å². The fraction of sp³-hybridized carbons (Fsp3) is 0.786. The van der Waals surface area contributed by atoms with Crippen LogP contribution in [0.25, 0.3) is 0 Å². The highest BCUT2D eigenvalue weighted by molar-refractivity contribution is 5.43. The van der Waals surface area contributed by atoms with Gasteiger partial charge in [0.15, 0.2) is 0 Å². The second kappa shape index (κ2) is 7.40. The summed E-state index contributed by atoms with van der Waals surface area (Å²) in [4.78, 5) is 20.0. The van der Waals surface area contributed by atoms with Gasteiger partial charge in [-0.2, -0.15) is 15.0 Å². The Kier molecular flexibility index (Phi) is 5.55. The van der Waals surface area contributed by atoms with E-state index in [1.165, 1.54) is 6.42 Å². The van der Waals surface area contributed by atoms with E-state index in [1.807, 2.05) is 0 Å². The lowest BCUT2D eigenvalue weighted by molar-refractivity contribution is 0.257. The fourth-order valence-electron chi connectivity index (χ4n) is 2.65. The smallest absolute Gasteiger partial charge is 0.232 e. The second-order valence-electron chi connectivity index (χ2n) is 5.29. The summed E-state index contributed by atoms with van der Waals surface area (Å²) in [7, 11) is 0. The number of anilines is 3. The van der Waals surface area contributed by atoms with Gasteiger partial charge in [0.2, 0.25) is 17.8 Å². The van der Waals surface area contributed by atoms with Crippen LogP contribution >= 0.6 is 0 Å². The molecule has 0 atom stereocenters. The van der Waals surface area contributed by atoms with Crippen molar-refractivity contribution in [3.8, 4) is 0 Å². The molecule has 7 nitrogen and oxygen atoms in total. The normalized spacial score (nSPS) is 16.2. The first kappa shape index (κ1) is 15.8. The monoisotopic (exact) mass is 293 g/mol. The molecule has 2 rings (SSSR count). The molecule has 0 saturated carbocycles. The molecule has 0 spiro atoms. The highest BCUT2D eigenvalue weighted by Crippen LogP contribution is 2.16. The molecule has 21 heavy (non-hydrogen) atoms. The summed E-state index contributed by atoms with van der Waals surface area (Å²) in [6.45, 7) is 13.3. The molecule has 1 aliphatic heterocycles. The van der Waals surface area contributed by atoms with Gasteiger partial charge in [-0.05, 0) is 26.8 Å². The maximum atomic E-state index is 5.86. The average molecular weight is 293 g/mol. The van der Waals surface area contributed by atoms with Gasteiger partial charge in [0.05, 0.1) is 0 Å². The minimum Gasteiger partial charge on any atom is -0.368 e. The van der Waals surface area contributed by atoms with E-state index < -0.39 is 0 Å². The van der Waals surface area contributed by atoms with Crippen LogP contribution in [0.1, 0.15) is 27.2 Å². The molecule has 0 amide bonds. The van der Waals surface area contributed by atoms with E-state index in [9.17, 15) is 0 Å². The Bertz CT molecular complexity index is 439. The molecule has 0 aromatic carbocycles. The Hall–Kier alpha value is -1.63. The van der Waals surface area contributed by atoms with Crippen LogP contribution in [0, 0.1) is 0 Å². The number of rotatable bonds is 6. The molecule has 7 heteroatoms. The van der Waals surface area contributed by atoms with Gasteiger partial charge in [-0.25, -0.2) is 0 Å². The molecule has 2 heterocycles. The van der Waals surface area contributed by atoms with Crippen LogP contribution in [0.4, 0.5) is 17.8 Å². The lowest BCUT2D eigenvalue weighted by Gasteiger charge is -2.34. The fourth-order valence-corrected chi connectivity index (χ4v) is 2.65. The first-order chi connectivity index (χ1) is 10.2. The van der Waals surface area contributed by atoms with Crippen molar-refractivity contribution >= 4 is 17.8 Å². The summed E-state index contributed by atoms with van der Waals surface area (Å²) in [5.74, 6) is 1.69. The van der Waals surface area contributed by atoms with Crippen molar-refractivity contribution in [1.82, 2.24) is 19.9 Å². The molecular weight excluding hydrogens is 266 g/mol. The Morgan fingerprint density at radius 1 is 1.00 bits per heavy atom. The van der Waals surface area contributed by atoms with Gasteiger partial charge in [0.1, 0.15) is 0 Å².